The predicted molar refractivity (Wildman–Crippen MR) is 105 cm³/mol. The van der Waals surface area contributed by atoms with Gasteiger partial charge >= 0.3 is 11.9 Å². The van der Waals surface area contributed by atoms with E-state index in [0.717, 1.165) is 30.2 Å². The normalized spacial score (nSPS) is 21.0. The zero-order valence-corrected chi connectivity index (χ0v) is 17.1. The van der Waals surface area contributed by atoms with Gasteiger partial charge in [0.15, 0.2) is 5.69 Å². The van der Waals surface area contributed by atoms with Crippen molar-refractivity contribution in [2.45, 2.75) is 51.0 Å². The van der Waals surface area contributed by atoms with E-state index in [1.807, 2.05) is 0 Å². The first-order valence-corrected chi connectivity index (χ1v) is 10.1. The summed E-state index contributed by atoms with van der Waals surface area (Å²) < 4.78 is 30.2. The number of oxazole rings is 1. The Labute approximate surface area is 174 Å². The summed E-state index contributed by atoms with van der Waals surface area (Å²) in [7, 11) is 1.34. The van der Waals surface area contributed by atoms with E-state index in [0.29, 0.717) is 25.3 Å². The number of aromatic carboxylic acids is 1. The zero-order valence-electron chi connectivity index (χ0n) is 17.1. The number of carboxylic acids is 1. The number of methoxy groups -OCH3 is 1. The maximum absolute atomic E-state index is 14.0. The van der Waals surface area contributed by atoms with Gasteiger partial charge in [-0.1, -0.05) is 19.4 Å². The lowest BCUT2D eigenvalue weighted by Gasteiger charge is -2.23. The number of aromatic nitrogens is 1. The average Bonchev–Trinajstić information content (AvgIpc) is 3.35. The SMILES string of the molecule is CCCC1OCC(c2nc(C(=O)O)co2)C1Cc1cc(F)ccc1CCC(=O)OC. The van der Waals surface area contributed by atoms with E-state index < -0.39 is 5.97 Å². The molecule has 1 aromatic heterocycles. The fraction of sp³-hybridized carbons (Fsp3) is 0.500. The van der Waals surface area contributed by atoms with Gasteiger partial charge in [0, 0.05) is 12.3 Å². The number of aryl methyl sites for hydroxylation is 1. The largest absolute Gasteiger partial charge is 0.476 e. The smallest absolute Gasteiger partial charge is 0.357 e. The number of hydrogen-bond acceptors (Lipinski definition) is 6. The molecule has 0 radical (unpaired) electrons. The Bertz CT molecular complexity index is 896. The molecule has 1 fully saturated rings. The molecule has 1 saturated heterocycles. The first kappa shape index (κ1) is 22.0. The second-order valence-electron chi connectivity index (χ2n) is 7.50. The van der Waals surface area contributed by atoms with Crippen LogP contribution in [0.5, 0.6) is 0 Å². The van der Waals surface area contributed by atoms with Crippen molar-refractivity contribution >= 4 is 11.9 Å². The van der Waals surface area contributed by atoms with Crippen molar-refractivity contribution in [1.29, 1.82) is 0 Å². The van der Waals surface area contributed by atoms with E-state index in [4.69, 9.17) is 19.0 Å². The van der Waals surface area contributed by atoms with Crippen LogP contribution in [0.1, 0.15) is 59.6 Å². The average molecular weight is 419 g/mol. The molecule has 3 unspecified atom stereocenters. The van der Waals surface area contributed by atoms with Gasteiger partial charge in [-0.15, -0.1) is 0 Å². The number of carbonyl (C=O) groups excluding carboxylic acids is 1. The van der Waals surface area contributed by atoms with Gasteiger partial charge < -0.3 is 19.0 Å². The summed E-state index contributed by atoms with van der Waals surface area (Å²) >= 11 is 0. The summed E-state index contributed by atoms with van der Waals surface area (Å²) in [5.74, 6) is -1.78. The first-order chi connectivity index (χ1) is 14.4. The summed E-state index contributed by atoms with van der Waals surface area (Å²) in [5.41, 5.74) is 1.53. The second-order valence-corrected chi connectivity index (χ2v) is 7.50. The minimum absolute atomic E-state index is 0.0519. The number of carbonyl (C=O) groups is 2. The highest BCUT2D eigenvalue weighted by Gasteiger charge is 2.40. The maximum atomic E-state index is 14.0. The van der Waals surface area contributed by atoms with E-state index >= 15 is 0 Å². The van der Waals surface area contributed by atoms with Crippen molar-refractivity contribution < 1.29 is 33.0 Å². The minimum atomic E-state index is -1.15. The Kier molecular flexibility index (Phi) is 7.20. The van der Waals surface area contributed by atoms with Crippen molar-refractivity contribution in [3.63, 3.8) is 0 Å². The first-order valence-electron chi connectivity index (χ1n) is 10.1. The molecule has 0 bridgehead atoms. The van der Waals surface area contributed by atoms with Gasteiger partial charge in [0.1, 0.15) is 12.1 Å². The van der Waals surface area contributed by atoms with Crippen LogP contribution in [0.15, 0.2) is 28.9 Å². The molecule has 0 saturated carbocycles. The number of esters is 1. The van der Waals surface area contributed by atoms with Gasteiger partial charge in [-0.05, 0) is 42.5 Å². The highest BCUT2D eigenvalue weighted by Crippen LogP contribution is 2.39. The molecule has 7 nitrogen and oxygen atoms in total. The number of rotatable bonds is 9. The van der Waals surface area contributed by atoms with Crippen LogP contribution in [0, 0.1) is 11.7 Å². The van der Waals surface area contributed by atoms with Crippen LogP contribution in [-0.2, 0) is 27.1 Å². The van der Waals surface area contributed by atoms with E-state index in [-0.39, 0.29) is 41.8 Å². The van der Waals surface area contributed by atoms with Crippen molar-refractivity contribution in [1.82, 2.24) is 4.98 Å². The summed E-state index contributed by atoms with van der Waals surface area (Å²) in [6.07, 6.45) is 3.96. The Hall–Kier alpha value is -2.74. The lowest BCUT2D eigenvalue weighted by Crippen LogP contribution is -2.23. The topological polar surface area (TPSA) is 98.9 Å². The van der Waals surface area contributed by atoms with Crippen molar-refractivity contribution in [3.05, 3.63) is 53.0 Å². The molecular weight excluding hydrogens is 393 g/mol. The summed E-state index contributed by atoms with van der Waals surface area (Å²) in [4.78, 5) is 26.8. The number of carboxylic acid groups (broad SMARTS) is 1. The molecule has 1 N–H and O–H groups in total. The van der Waals surface area contributed by atoms with Gasteiger partial charge in [-0.25, -0.2) is 14.2 Å². The van der Waals surface area contributed by atoms with Gasteiger partial charge in [0.2, 0.25) is 5.89 Å². The van der Waals surface area contributed by atoms with Crippen LogP contribution in [0.4, 0.5) is 4.39 Å². The fourth-order valence-corrected chi connectivity index (χ4v) is 4.02. The Balaban J connectivity index is 1.87. The Morgan fingerprint density at radius 3 is 2.80 bits per heavy atom. The minimum Gasteiger partial charge on any atom is -0.476 e. The van der Waals surface area contributed by atoms with Crippen molar-refractivity contribution in [2.75, 3.05) is 13.7 Å². The van der Waals surface area contributed by atoms with Gasteiger partial charge in [-0.3, -0.25) is 4.79 Å². The van der Waals surface area contributed by atoms with Crippen molar-refractivity contribution in [3.8, 4) is 0 Å². The van der Waals surface area contributed by atoms with Crippen LogP contribution >= 0.6 is 0 Å². The lowest BCUT2D eigenvalue weighted by molar-refractivity contribution is -0.140. The molecule has 30 heavy (non-hydrogen) atoms. The molecule has 0 amide bonds. The van der Waals surface area contributed by atoms with E-state index in [2.05, 4.69) is 11.9 Å². The van der Waals surface area contributed by atoms with Crippen LogP contribution in [0.2, 0.25) is 0 Å². The molecule has 3 atom stereocenters. The Morgan fingerprint density at radius 2 is 2.13 bits per heavy atom. The molecular formula is C22H26FNO6. The number of ether oxygens (including phenoxy) is 2. The molecule has 1 aliphatic heterocycles. The molecule has 162 valence electrons. The third-order valence-electron chi connectivity index (χ3n) is 5.57. The fourth-order valence-electron chi connectivity index (χ4n) is 4.02. The van der Waals surface area contributed by atoms with Crippen LogP contribution < -0.4 is 0 Å². The third-order valence-corrected chi connectivity index (χ3v) is 5.57. The monoisotopic (exact) mass is 419 g/mol. The van der Waals surface area contributed by atoms with E-state index in [9.17, 15) is 14.0 Å². The molecule has 8 heteroatoms. The number of benzene rings is 1. The van der Waals surface area contributed by atoms with Crippen molar-refractivity contribution in [2.24, 2.45) is 5.92 Å². The van der Waals surface area contributed by atoms with Crippen LogP contribution in [0.3, 0.4) is 0 Å². The molecule has 0 spiro atoms. The maximum Gasteiger partial charge on any atom is 0.357 e. The number of hydrogen-bond donors (Lipinski definition) is 1. The van der Waals surface area contributed by atoms with Crippen LogP contribution in [-0.4, -0.2) is 41.8 Å². The van der Waals surface area contributed by atoms with E-state index in [1.54, 1.807) is 6.07 Å². The van der Waals surface area contributed by atoms with Gasteiger partial charge in [0.25, 0.3) is 0 Å². The van der Waals surface area contributed by atoms with Crippen LogP contribution in [0.25, 0.3) is 0 Å². The molecule has 0 aliphatic carbocycles. The summed E-state index contributed by atoms with van der Waals surface area (Å²) in [6.45, 7) is 2.42. The predicted octanol–water partition coefficient (Wildman–Crippen LogP) is 3.76. The summed E-state index contributed by atoms with van der Waals surface area (Å²) in [6, 6.07) is 4.57. The van der Waals surface area contributed by atoms with E-state index in [1.165, 1.54) is 19.2 Å². The van der Waals surface area contributed by atoms with Gasteiger partial charge in [-0.2, -0.15) is 0 Å². The van der Waals surface area contributed by atoms with Gasteiger partial charge in [0.05, 0.1) is 25.7 Å². The zero-order chi connectivity index (χ0) is 21.7. The second kappa shape index (κ2) is 9.84. The molecule has 2 aromatic rings. The molecule has 1 aromatic carbocycles. The highest BCUT2D eigenvalue weighted by molar-refractivity contribution is 5.84. The molecule has 2 heterocycles. The standard InChI is InChI=1S/C22H26FNO6/c1-3-4-19-16(17(11-29-19)21-24-18(12-30-21)22(26)27)10-14-9-15(23)7-5-13(14)6-8-20(25)28-2/h5,7,9,12,16-17,19H,3-4,6,8,10-11H2,1-2H3,(H,26,27). The number of halogens is 1. The molecule has 3 rings (SSSR count). The number of nitrogens with zero attached hydrogens (tertiary/aromatic N) is 1. The quantitative estimate of drug-likeness (QED) is 0.618. The Morgan fingerprint density at radius 1 is 1.33 bits per heavy atom. The lowest BCUT2D eigenvalue weighted by atomic mass is 9.82. The highest BCUT2D eigenvalue weighted by atomic mass is 19.1. The molecule has 1 aliphatic rings. The third kappa shape index (κ3) is 5.05. The summed E-state index contributed by atoms with van der Waals surface area (Å²) in [5, 5.41) is 9.14.